The van der Waals surface area contributed by atoms with Gasteiger partial charge in [0.2, 0.25) is 0 Å². The van der Waals surface area contributed by atoms with Crippen LogP contribution in [0.1, 0.15) is 52.6 Å². The van der Waals surface area contributed by atoms with Gasteiger partial charge in [0, 0.05) is 33.4 Å². The van der Waals surface area contributed by atoms with Crippen molar-refractivity contribution in [3.8, 4) is 0 Å². The molecule has 1 aliphatic carbocycles. The van der Waals surface area contributed by atoms with Gasteiger partial charge in [-0.05, 0) is 47.5 Å². The molecule has 0 atom stereocenters. The number of carbonyl (C=O) groups is 4. The van der Waals surface area contributed by atoms with Gasteiger partial charge in [0.15, 0.2) is 11.6 Å². The van der Waals surface area contributed by atoms with E-state index in [4.69, 9.17) is 23.2 Å². The van der Waals surface area contributed by atoms with Gasteiger partial charge in [-0.25, -0.2) is 0 Å². The fraction of sp³-hybridized carbons (Fsp3) is 0. The highest BCUT2D eigenvalue weighted by Crippen LogP contribution is 2.26. The minimum absolute atomic E-state index is 0.0641. The quantitative estimate of drug-likeness (QED) is 0.440. The van der Waals surface area contributed by atoms with Gasteiger partial charge in [-0.1, -0.05) is 48.5 Å². The van der Waals surface area contributed by atoms with E-state index in [2.05, 4.69) is 0 Å². The number of benzene rings is 3. The Morgan fingerprint density at radius 2 is 0.750 bits per heavy atom. The lowest BCUT2D eigenvalue weighted by atomic mass is 9.84. The molecule has 0 aliphatic heterocycles. The number of carbonyl (C=O) groups excluding carboxylic acids is 4. The summed E-state index contributed by atoms with van der Waals surface area (Å²) in [4.78, 5) is 45.4. The minimum atomic E-state index is -0.552. The van der Waals surface area contributed by atoms with Crippen molar-refractivity contribution in [1.29, 1.82) is 0 Å². The summed E-state index contributed by atoms with van der Waals surface area (Å²) in [5.74, 6) is -0.128. The molecule has 0 fully saturated rings. The van der Waals surface area contributed by atoms with Crippen molar-refractivity contribution in [3.05, 3.63) is 106 Å². The van der Waals surface area contributed by atoms with Gasteiger partial charge < -0.3 is 0 Å². The molecular weight excluding hydrogens is 399 g/mol. The van der Waals surface area contributed by atoms with Crippen molar-refractivity contribution in [1.82, 2.24) is 0 Å². The maximum Gasteiger partial charge on any atom is 0.252 e. The zero-order valence-electron chi connectivity index (χ0n) is 14.3. The molecule has 6 heteroatoms. The second kappa shape index (κ2) is 8.30. The highest BCUT2D eigenvalue weighted by Gasteiger charge is 2.28. The molecule has 28 heavy (non-hydrogen) atoms. The Morgan fingerprint density at radius 1 is 0.500 bits per heavy atom. The lowest BCUT2D eigenvalue weighted by Crippen LogP contribution is -2.20. The van der Waals surface area contributed by atoms with Crippen molar-refractivity contribution < 1.29 is 19.2 Å². The van der Waals surface area contributed by atoms with Gasteiger partial charge >= 0.3 is 0 Å². The Morgan fingerprint density at radius 3 is 0.964 bits per heavy atom. The van der Waals surface area contributed by atoms with Crippen LogP contribution in [-0.4, -0.2) is 22.1 Å². The molecule has 1 aliphatic rings. The van der Waals surface area contributed by atoms with E-state index >= 15 is 0 Å². The molecule has 0 heterocycles. The predicted octanol–water partition coefficient (Wildman–Crippen LogP) is 4.91. The zero-order chi connectivity index (χ0) is 20.3. The van der Waals surface area contributed by atoms with Crippen LogP contribution in [0.25, 0.3) is 0 Å². The highest BCUT2D eigenvalue weighted by molar-refractivity contribution is 6.68. The first-order chi connectivity index (χ1) is 13.4. The van der Waals surface area contributed by atoms with Crippen LogP contribution < -0.4 is 0 Å². The van der Waals surface area contributed by atoms with E-state index in [0.29, 0.717) is 33.4 Å². The van der Waals surface area contributed by atoms with Gasteiger partial charge in [-0.2, -0.15) is 0 Å². The molecule has 0 radical (unpaired) electrons. The molecule has 138 valence electrons. The summed E-state index contributed by atoms with van der Waals surface area (Å²) in [6, 6.07) is 19.7. The lowest BCUT2D eigenvalue weighted by molar-refractivity contribution is 0.0979. The molecule has 0 aromatic heterocycles. The maximum absolute atomic E-state index is 12.1. The minimum Gasteiger partial charge on any atom is -0.289 e. The maximum atomic E-state index is 12.1. The van der Waals surface area contributed by atoms with Gasteiger partial charge in [-0.15, -0.1) is 0 Å². The van der Waals surface area contributed by atoms with E-state index < -0.39 is 10.5 Å². The van der Waals surface area contributed by atoms with Crippen LogP contribution in [0, 0.1) is 0 Å². The molecule has 3 aromatic rings. The van der Waals surface area contributed by atoms with Crippen molar-refractivity contribution >= 4 is 45.3 Å². The molecule has 0 spiro atoms. The molecule has 0 saturated carbocycles. The van der Waals surface area contributed by atoms with Crippen LogP contribution in [0.5, 0.6) is 0 Å². The number of hydrogen-bond donors (Lipinski definition) is 0. The standard InChI is InChI=1S/C14H8O2.C8H4Cl2O2/c15-13-9-5-1-2-6-10(9)14(16)12-8-4-3-7-11(12)13;9-7(11)5-1-2-6(4-3-5)8(10)12/h1-8H;1-4H. The van der Waals surface area contributed by atoms with Gasteiger partial charge in [0.25, 0.3) is 10.5 Å². The van der Waals surface area contributed by atoms with Crippen LogP contribution in [-0.2, 0) is 0 Å². The topological polar surface area (TPSA) is 68.3 Å². The van der Waals surface area contributed by atoms with Crippen molar-refractivity contribution in [3.63, 3.8) is 0 Å². The Labute approximate surface area is 170 Å². The molecule has 4 nitrogen and oxygen atoms in total. The molecule has 4 rings (SSSR count). The fourth-order valence-electron chi connectivity index (χ4n) is 2.78. The molecule has 0 N–H and O–H groups in total. The van der Waals surface area contributed by atoms with Crippen LogP contribution in [0.3, 0.4) is 0 Å². The normalized spacial score (nSPS) is 11.6. The summed E-state index contributed by atoms with van der Waals surface area (Å²) in [6.07, 6.45) is 0. The number of hydrogen-bond acceptors (Lipinski definition) is 4. The summed E-state index contributed by atoms with van der Waals surface area (Å²) >= 11 is 10.4. The predicted molar refractivity (Wildman–Crippen MR) is 107 cm³/mol. The van der Waals surface area contributed by atoms with Gasteiger partial charge in [0.05, 0.1) is 0 Å². The highest BCUT2D eigenvalue weighted by atomic mass is 35.5. The van der Waals surface area contributed by atoms with Crippen molar-refractivity contribution in [2.45, 2.75) is 0 Å². The summed E-state index contributed by atoms with van der Waals surface area (Å²) in [7, 11) is 0. The molecule has 3 aromatic carbocycles. The number of ketones is 2. The van der Waals surface area contributed by atoms with Crippen LogP contribution in [0.15, 0.2) is 72.8 Å². The average Bonchev–Trinajstić information content (AvgIpc) is 2.72. The first-order valence-electron chi connectivity index (χ1n) is 8.17. The van der Waals surface area contributed by atoms with Crippen molar-refractivity contribution in [2.75, 3.05) is 0 Å². The summed E-state index contributed by atoms with van der Waals surface area (Å²) in [6.45, 7) is 0. The van der Waals surface area contributed by atoms with Gasteiger partial charge in [-0.3, -0.25) is 19.2 Å². The third-order valence-electron chi connectivity index (χ3n) is 4.17. The van der Waals surface area contributed by atoms with Crippen LogP contribution in [0.4, 0.5) is 0 Å². The van der Waals surface area contributed by atoms with Gasteiger partial charge in [0.1, 0.15) is 0 Å². The zero-order valence-corrected chi connectivity index (χ0v) is 15.8. The van der Waals surface area contributed by atoms with Crippen LogP contribution in [0.2, 0.25) is 0 Å². The van der Waals surface area contributed by atoms with Crippen molar-refractivity contribution in [2.24, 2.45) is 0 Å². The number of halogens is 2. The molecule has 0 saturated heterocycles. The first kappa shape index (κ1) is 19.7. The lowest BCUT2D eigenvalue weighted by Gasteiger charge is -2.16. The smallest absolute Gasteiger partial charge is 0.252 e. The van der Waals surface area contributed by atoms with E-state index in [9.17, 15) is 19.2 Å². The van der Waals surface area contributed by atoms with E-state index in [1.807, 2.05) is 0 Å². The first-order valence-corrected chi connectivity index (χ1v) is 8.93. The van der Waals surface area contributed by atoms with Crippen LogP contribution >= 0.6 is 23.2 Å². The largest absolute Gasteiger partial charge is 0.289 e. The number of fused-ring (bicyclic) bond motifs is 2. The number of rotatable bonds is 2. The second-order valence-corrected chi connectivity index (χ2v) is 6.56. The third-order valence-corrected chi connectivity index (χ3v) is 4.61. The summed E-state index contributed by atoms with van der Waals surface area (Å²) in [5.41, 5.74) is 2.71. The molecule has 0 amide bonds. The summed E-state index contributed by atoms with van der Waals surface area (Å²) in [5, 5.41) is -1.10. The second-order valence-electron chi connectivity index (χ2n) is 5.87. The monoisotopic (exact) mass is 410 g/mol. The Bertz CT molecular complexity index is 963. The third kappa shape index (κ3) is 3.93. The molecular formula is C22H12Cl2O4. The Balaban J connectivity index is 0.000000169. The Kier molecular flexibility index (Phi) is 5.83. The summed E-state index contributed by atoms with van der Waals surface area (Å²) < 4.78 is 0. The molecule has 0 bridgehead atoms. The van der Waals surface area contributed by atoms with E-state index in [1.54, 1.807) is 48.5 Å². The SMILES string of the molecule is O=C(Cl)c1ccc(C(=O)Cl)cc1.O=C1c2ccccc2C(=O)c2ccccc21. The van der Waals surface area contributed by atoms with E-state index in [-0.39, 0.29) is 11.6 Å². The van der Waals surface area contributed by atoms with E-state index in [1.165, 1.54) is 24.3 Å². The van der Waals surface area contributed by atoms with E-state index in [0.717, 1.165) is 0 Å². The molecule has 0 unspecified atom stereocenters. The fourth-order valence-corrected chi connectivity index (χ4v) is 3.03. The Hall–Kier alpha value is -3.08. The average molecular weight is 411 g/mol.